The highest BCUT2D eigenvalue weighted by atomic mass is 19.4. The van der Waals surface area contributed by atoms with Gasteiger partial charge in [-0.15, -0.1) is 0 Å². The van der Waals surface area contributed by atoms with Crippen molar-refractivity contribution in [3.05, 3.63) is 52.9 Å². The first-order chi connectivity index (χ1) is 13.5. The number of benzene rings is 1. The molecule has 2 rings (SSSR count). The largest absolute Gasteiger partial charge is 0.467 e. The second-order valence-electron chi connectivity index (χ2n) is 6.00. The van der Waals surface area contributed by atoms with Crippen molar-refractivity contribution in [1.29, 1.82) is 0 Å². The number of rotatable bonds is 7. The van der Waals surface area contributed by atoms with E-state index in [1.54, 1.807) is 0 Å². The molecule has 1 aromatic heterocycles. The van der Waals surface area contributed by atoms with E-state index in [0.29, 0.717) is 6.07 Å². The van der Waals surface area contributed by atoms with Gasteiger partial charge in [-0.05, 0) is 30.5 Å². The number of aliphatic hydroxyl groups excluding tert-OH is 1. The van der Waals surface area contributed by atoms with Gasteiger partial charge in [-0.1, -0.05) is 0 Å². The number of nitrogens with zero attached hydrogens (tertiary/aromatic N) is 1. The molecule has 0 radical (unpaired) electrons. The Morgan fingerprint density at radius 3 is 2.41 bits per heavy atom. The number of nitrogens with one attached hydrogen (secondary N) is 2. The quantitative estimate of drug-likeness (QED) is 0.469. The third-order valence-electron chi connectivity index (χ3n) is 3.95. The van der Waals surface area contributed by atoms with Crippen LogP contribution in [0.15, 0.2) is 24.4 Å². The van der Waals surface area contributed by atoms with Crippen LogP contribution in [0.25, 0.3) is 0 Å². The lowest BCUT2D eigenvalue weighted by atomic mass is 10.0. The van der Waals surface area contributed by atoms with Crippen molar-refractivity contribution >= 4 is 11.9 Å². The van der Waals surface area contributed by atoms with E-state index in [4.69, 9.17) is 0 Å². The lowest BCUT2D eigenvalue weighted by Gasteiger charge is -2.19. The first-order valence-corrected chi connectivity index (χ1v) is 8.14. The maximum absolute atomic E-state index is 13.3. The molecule has 0 aliphatic heterocycles. The second-order valence-corrected chi connectivity index (χ2v) is 6.00. The average Bonchev–Trinajstić information content (AvgIpc) is 3.11. The number of methoxy groups -OCH3 is 1. The molecule has 0 spiro atoms. The summed E-state index contributed by atoms with van der Waals surface area (Å²) in [6.45, 7) is 0. The number of H-pyrrole nitrogens is 1. The highest BCUT2D eigenvalue weighted by Crippen LogP contribution is 2.30. The fourth-order valence-electron chi connectivity index (χ4n) is 2.57. The zero-order chi connectivity index (χ0) is 21.8. The van der Waals surface area contributed by atoms with Crippen molar-refractivity contribution in [3.8, 4) is 0 Å². The summed E-state index contributed by atoms with van der Waals surface area (Å²) >= 11 is 0. The summed E-state index contributed by atoms with van der Waals surface area (Å²) < 4.78 is 69.6. The van der Waals surface area contributed by atoms with Crippen LogP contribution < -0.4 is 5.32 Å². The van der Waals surface area contributed by atoms with Gasteiger partial charge in [0.15, 0.2) is 6.10 Å². The predicted octanol–water partition coefficient (Wildman–Crippen LogP) is 2.03. The van der Waals surface area contributed by atoms with Crippen LogP contribution in [-0.4, -0.2) is 40.3 Å². The van der Waals surface area contributed by atoms with Gasteiger partial charge in [0.2, 0.25) is 0 Å². The van der Waals surface area contributed by atoms with Crippen molar-refractivity contribution in [2.45, 2.75) is 31.2 Å². The molecule has 0 fully saturated rings. The summed E-state index contributed by atoms with van der Waals surface area (Å²) in [7, 11) is 0.999. The molecule has 0 aliphatic rings. The number of halogens is 5. The van der Waals surface area contributed by atoms with Crippen molar-refractivity contribution in [2.75, 3.05) is 7.11 Å². The second kappa shape index (κ2) is 8.99. The summed E-state index contributed by atoms with van der Waals surface area (Å²) in [5, 5.41) is 17.2. The van der Waals surface area contributed by atoms with Crippen LogP contribution in [0.2, 0.25) is 0 Å². The molecule has 7 nitrogen and oxygen atoms in total. The van der Waals surface area contributed by atoms with Crippen LogP contribution >= 0.6 is 0 Å². The molecular formula is C17H16F5N3O4. The molecule has 29 heavy (non-hydrogen) atoms. The molecule has 158 valence electrons. The summed E-state index contributed by atoms with van der Waals surface area (Å²) in [4.78, 5) is 24.0. The maximum atomic E-state index is 13.3. The van der Waals surface area contributed by atoms with E-state index in [1.807, 2.05) is 5.10 Å². The summed E-state index contributed by atoms with van der Waals surface area (Å²) in [5.74, 6) is -4.23. The van der Waals surface area contributed by atoms with Gasteiger partial charge in [-0.3, -0.25) is 9.89 Å². The minimum Gasteiger partial charge on any atom is -0.467 e. The molecule has 1 heterocycles. The molecule has 0 bridgehead atoms. The molecule has 2 aromatic rings. The van der Waals surface area contributed by atoms with Crippen LogP contribution in [0.3, 0.4) is 0 Å². The number of carbonyl (C=O) groups excluding carboxylic acids is 2. The molecule has 1 aromatic carbocycles. The number of aromatic amines is 1. The Morgan fingerprint density at radius 1 is 1.24 bits per heavy atom. The fourth-order valence-corrected chi connectivity index (χ4v) is 2.57. The zero-order valence-electron chi connectivity index (χ0n) is 14.9. The summed E-state index contributed by atoms with van der Waals surface area (Å²) in [6, 6.07) is 0.564. The number of aryl methyl sites for hydroxylation is 1. The van der Waals surface area contributed by atoms with E-state index < -0.39 is 53.1 Å². The van der Waals surface area contributed by atoms with E-state index in [1.165, 1.54) is 0 Å². The van der Waals surface area contributed by atoms with Gasteiger partial charge in [-0.25, -0.2) is 13.6 Å². The Kier molecular flexibility index (Phi) is 6.90. The highest BCUT2D eigenvalue weighted by molar-refractivity contribution is 5.87. The number of esters is 1. The number of hydrogen-bond donors (Lipinski definition) is 3. The van der Waals surface area contributed by atoms with Crippen molar-refractivity contribution in [1.82, 2.24) is 15.5 Å². The highest BCUT2D eigenvalue weighted by Gasteiger charge is 2.36. The van der Waals surface area contributed by atoms with E-state index in [2.05, 4.69) is 15.2 Å². The first kappa shape index (κ1) is 22.3. The molecule has 1 amide bonds. The third-order valence-corrected chi connectivity index (χ3v) is 3.95. The molecule has 12 heteroatoms. The zero-order valence-corrected chi connectivity index (χ0v) is 14.9. The van der Waals surface area contributed by atoms with E-state index in [0.717, 1.165) is 25.4 Å². The van der Waals surface area contributed by atoms with Gasteiger partial charge in [0.05, 0.1) is 13.3 Å². The minimum atomic E-state index is -4.69. The molecular weight excluding hydrogens is 405 g/mol. The lowest BCUT2D eigenvalue weighted by molar-refractivity contribution is -0.146. The standard InChI is InChI=1S/C17H16F5N3O4/c1-29-16(28)12(3-2-8-7-23-25-14(8)17(20,21)22)24-15(27)13(26)9-4-10(18)6-11(19)5-9/h4-7,12-13,26H,2-3H2,1H3,(H,23,25)(H,24,27). The average molecular weight is 421 g/mol. The molecule has 2 atom stereocenters. The maximum Gasteiger partial charge on any atom is 0.433 e. The van der Waals surface area contributed by atoms with Crippen molar-refractivity contribution in [3.63, 3.8) is 0 Å². The molecule has 0 aliphatic carbocycles. The van der Waals surface area contributed by atoms with Crippen LogP contribution in [0, 0.1) is 11.6 Å². The van der Waals surface area contributed by atoms with Crippen LogP contribution in [0.1, 0.15) is 29.3 Å². The van der Waals surface area contributed by atoms with Gasteiger partial charge in [0.1, 0.15) is 23.4 Å². The lowest BCUT2D eigenvalue weighted by Crippen LogP contribution is -2.44. The monoisotopic (exact) mass is 421 g/mol. The molecule has 2 unspecified atom stereocenters. The Morgan fingerprint density at radius 2 is 1.86 bits per heavy atom. The Balaban J connectivity index is 2.11. The van der Waals surface area contributed by atoms with E-state index in [9.17, 15) is 36.6 Å². The van der Waals surface area contributed by atoms with Crippen LogP contribution in [0.4, 0.5) is 22.0 Å². The fraction of sp³-hybridized carbons (Fsp3) is 0.353. The number of alkyl halides is 3. The van der Waals surface area contributed by atoms with E-state index >= 15 is 0 Å². The third kappa shape index (κ3) is 5.73. The SMILES string of the molecule is COC(=O)C(CCc1cn[nH]c1C(F)(F)F)NC(=O)C(O)c1cc(F)cc(F)c1. The first-order valence-electron chi connectivity index (χ1n) is 8.14. The summed E-state index contributed by atoms with van der Waals surface area (Å²) in [5.41, 5.74) is -1.74. The van der Waals surface area contributed by atoms with Gasteiger partial charge < -0.3 is 15.2 Å². The van der Waals surface area contributed by atoms with E-state index in [-0.39, 0.29) is 18.4 Å². The van der Waals surface area contributed by atoms with Gasteiger partial charge in [0.25, 0.3) is 5.91 Å². The van der Waals surface area contributed by atoms with Crippen molar-refractivity contribution < 1.29 is 41.4 Å². The Hall–Kier alpha value is -3.02. The number of aliphatic hydroxyl groups is 1. The Labute approximate surface area is 160 Å². The van der Waals surface area contributed by atoms with Crippen LogP contribution in [0.5, 0.6) is 0 Å². The van der Waals surface area contributed by atoms with Gasteiger partial charge in [-0.2, -0.15) is 18.3 Å². The predicted molar refractivity (Wildman–Crippen MR) is 87.2 cm³/mol. The number of carbonyl (C=O) groups is 2. The number of hydrogen-bond acceptors (Lipinski definition) is 5. The molecule has 0 saturated heterocycles. The van der Waals surface area contributed by atoms with Gasteiger partial charge >= 0.3 is 12.1 Å². The Bertz CT molecular complexity index is 864. The number of amides is 1. The number of ether oxygens (including phenoxy) is 1. The smallest absolute Gasteiger partial charge is 0.433 e. The minimum absolute atomic E-state index is 0.242. The number of aromatic nitrogens is 2. The molecule has 0 saturated carbocycles. The molecule has 3 N–H and O–H groups in total. The summed E-state index contributed by atoms with van der Waals surface area (Å²) in [6.07, 6.45) is -6.40. The van der Waals surface area contributed by atoms with Crippen molar-refractivity contribution in [2.24, 2.45) is 0 Å². The van der Waals surface area contributed by atoms with Crippen LogP contribution in [-0.2, 0) is 26.9 Å². The van der Waals surface area contributed by atoms with Gasteiger partial charge in [0, 0.05) is 11.6 Å². The topological polar surface area (TPSA) is 104 Å². The normalized spacial score (nSPS) is 13.6.